The molecule has 0 amide bonds. The molecule has 1 nitrogen and oxygen atoms in total. The third kappa shape index (κ3) is 3.59. The van der Waals surface area contributed by atoms with E-state index < -0.39 is 0 Å². The molecule has 0 unspecified atom stereocenters. The van der Waals surface area contributed by atoms with Crippen molar-refractivity contribution in [1.29, 1.82) is 0 Å². The Morgan fingerprint density at radius 3 is 2.32 bits per heavy atom. The zero-order valence-electron chi connectivity index (χ0n) is 14.1. The molecular weight excluding hydrogens is 268 g/mol. The topological polar surface area (TPSA) is 9.23 Å². The molecule has 0 N–H and O–H groups in total. The zero-order valence-corrected chi connectivity index (χ0v) is 14.1. The lowest BCUT2D eigenvalue weighted by molar-refractivity contribution is 0.363. The first-order chi connectivity index (χ1) is 10.4. The van der Waals surface area contributed by atoms with E-state index in [0.29, 0.717) is 12.5 Å². The van der Waals surface area contributed by atoms with Crippen LogP contribution in [0.25, 0.3) is 0 Å². The molecule has 0 aromatic heterocycles. The fourth-order valence-electron chi connectivity index (χ4n) is 2.58. The summed E-state index contributed by atoms with van der Waals surface area (Å²) in [7, 11) is 0. The molecule has 0 aliphatic heterocycles. The van der Waals surface area contributed by atoms with Crippen molar-refractivity contribution in [2.24, 2.45) is 0 Å². The number of hydrogen-bond donors (Lipinski definition) is 0. The summed E-state index contributed by atoms with van der Waals surface area (Å²) in [5.74, 6) is 1.43. The van der Waals surface area contributed by atoms with Gasteiger partial charge in [0.2, 0.25) is 0 Å². The van der Waals surface area contributed by atoms with Gasteiger partial charge in [-0.25, -0.2) is 0 Å². The molecule has 0 fully saturated rings. The van der Waals surface area contributed by atoms with Gasteiger partial charge in [-0.3, -0.25) is 0 Å². The summed E-state index contributed by atoms with van der Waals surface area (Å²) in [5.41, 5.74) is 4.00. The maximum Gasteiger partial charge on any atom is 0.119 e. The Labute approximate surface area is 134 Å². The fourth-order valence-corrected chi connectivity index (χ4v) is 2.58. The van der Waals surface area contributed by atoms with Crippen molar-refractivity contribution >= 4 is 0 Å². The van der Waals surface area contributed by atoms with Crippen molar-refractivity contribution in [3.8, 4) is 5.75 Å². The predicted molar refractivity (Wildman–Crippen MR) is 94.8 cm³/mol. The van der Waals surface area contributed by atoms with Crippen molar-refractivity contribution in [3.63, 3.8) is 0 Å². The highest BCUT2D eigenvalue weighted by atomic mass is 16.5. The average molecular weight is 294 g/mol. The minimum Gasteiger partial charge on any atom is -0.490 e. The molecule has 0 radical (unpaired) electrons. The molecule has 22 heavy (non-hydrogen) atoms. The van der Waals surface area contributed by atoms with Crippen LogP contribution >= 0.6 is 0 Å². The summed E-state index contributed by atoms with van der Waals surface area (Å²) in [5, 5.41) is 0. The van der Waals surface area contributed by atoms with E-state index in [4.69, 9.17) is 4.74 Å². The highest BCUT2D eigenvalue weighted by Gasteiger charge is 2.23. The largest absolute Gasteiger partial charge is 0.490 e. The van der Waals surface area contributed by atoms with Gasteiger partial charge in [0.1, 0.15) is 12.4 Å². The van der Waals surface area contributed by atoms with Gasteiger partial charge in [-0.15, -0.1) is 0 Å². The molecule has 0 saturated carbocycles. The van der Waals surface area contributed by atoms with Crippen molar-refractivity contribution in [1.82, 2.24) is 0 Å². The molecule has 0 atom stereocenters. The van der Waals surface area contributed by atoms with E-state index >= 15 is 0 Å². The van der Waals surface area contributed by atoms with Crippen LogP contribution in [0.2, 0.25) is 0 Å². The Kier molecular flexibility index (Phi) is 5.07. The second kappa shape index (κ2) is 6.83. The Balaban J connectivity index is 2.29. The van der Waals surface area contributed by atoms with Gasteiger partial charge in [-0.2, -0.15) is 0 Å². The van der Waals surface area contributed by atoms with Crippen LogP contribution in [0.4, 0.5) is 0 Å². The van der Waals surface area contributed by atoms with Gasteiger partial charge in [0, 0.05) is 5.41 Å². The monoisotopic (exact) mass is 294 g/mol. The Hall–Kier alpha value is -2.02. The standard InChI is InChI=1S/C21H26O/c1-6-14-22-20-12-10-18(11-13-20)21(4,5)19-9-7-8-17(15-19)16(2)3/h6-13,15-16H,1,14H2,2-5H3. The van der Waals surface area contributed by atoms with Crippen LogP contribution in [-0.2, 0) is 5.41 Å². The van der Waals surface area contributed by atoms with Crippen LogP contribution in [0, 0.1) is 0 Å². The van der Waals surface area contributed by atoms with Gasteiger partial charge in [0.15, 0.2) is 0 Å². The Bertz CT molecular complexity index is 621. The number of hydrogen-bond acceptors (Lipinski definition) is 1. The summed E-state index contributed by atoms with van der Waals surface area (Å²) >= 11 is 0. The highest BCUT2D eigenvalue weighted by molar-refractivity contribution is 5.41. The van der Waals surface area contributed by atoms with E-state index in [2.05, 4.69) is 70.7 Å². The average Bonchev–Trinajstić information content (AvgIpc) is 2.53. The molecule has 2 aromatic rings. The Morgan fingerprint density at radius 2 is 1.73 bits per heavy atom. The van der Waals surface area contributed by atoms with Crippen LogP contribution in [-0.4, -0.2) is 6.61 Å². The molecule has 0 spiro atoms. The highest BCUT2D eigenvalue weighted by Crippen LogP contribution is 2.33. The second-order valence-corrected chi connectivity index (χ2v) is 6.53. The summed E-state index contributed by atoms with van der Waals surface area (Å²) in [4.78, 5) is 0. The van der Waals surface area contributed by atoms with Gasteiger partial charge in [0.05, 0.1) is 0 Å². The molecule has 116 valence electrons. The van der Waals surface area contributed by atoms with Crippen LogP contribution in [0.5, 0.6) is 5.75 Å². The van der Waals surface area contributed by atoms with Gasteiger partial charge in [-0.05, 0) is 34.7 Å². The third-order valence-corrected chi connectivity index (χ3v) is 4.22. The lowest BCUT2D eigenvalue weighted by atomic mass is 9.77. The van der Waals surface area contributed by atoms with Gasteiger partial charge >= 0.3 is 0 Å². The molecule has 0 saturated heterocycles. The molecule has 0 heterocycles. The van der Waals surface area contributed by atoms with Gasteiger partial charge in [0.25, 0.3) is 0 Å². The van der Waals surface area contributed by atoms with E-state index in [1.54, 1.807) is 6.08 Å². The lowest BCUT2D eigenvalue weighted by Gasteiger charge is -2.27. The first kappa shape index (κ1) is 16.4. The van der Waals surface area contributed by atoms with Gasteiger partial charge < -0.3 is 4.74 Å². The second-order valence-electron chi connectivity index (χ2n) is 6.53. The summed E-state index contributed by atoms with van der Waals surface area (Å²) in [6.07, 6.45) is 1.76. The minimum absolute atomic E-state index is 0.0259. The number of benzene rings is 2. The van der Waals surface area contributed by atoms with Crippen LogP contribution < -0.4 is 4.74 Å². The minimum atomic E-state index is -0.0259. The first-order valence-corrected chi connectivity index (χ1v) is 7.90. The molecular formula is C21H26O. The van der Waals surface area contributed by atoms with Gasteiger partial charge in [-0.1, -0.05) is 76.7 Å². The molecule has 0 bridgehead atoms. The molecule has 2 rings (SSSR count). The summed E-state index contributed by atoms with van der Waals surface area (Å²) in [6, 6.07) is 17.3. The van der Waals surface area contributed by atoms with Crippen molar-refractivity contribution in [3.05, 3.63) is 77.9 Å². The van der Waals surface area contributed by atoms with Crippen LogP contribution in [0.3, 0.4) is 0 Å². The maximum absolute atomic E-state index is 5.56. The zero-order chi connectivity index (χ0) is 16.2. The first-order valence-electron chi connectivity index (χ1n) is 7.90. The SMILES string of the molecule is C=CCOc1ccc(C(C)(C)c2cccc(C(C)C)c2)cc1. The fraction of sp³-hybridized carbons (Fsp3) is 0.333. The van der Waals surface area contributed by atoms with Crippen molar-refractivity contribution in [2.45, 2.75) is 39.0 Å². The van der Waals surface area contributed by atoms with Crippen molar-refractivity contribution < 1.29 is 4.74 Å². The molecule has 1 heteroatoms. The Morgan fingerprint density at radius 1 is 1.05 bits per heavy atom. The van der Waals surface area contributed by atoms with E-state index in [0.717, 1.165) is 5.75 Å². The molecule has 0 aliphatic rings. The predicted octanol–water partition coefficient (Wildman–Crippen LogP) is 5.70. The quantitative estimate of drug-likeness (QED) is 0.621. The maximum atomic E-state index is 5.56. The van der Waals surface area contributed by atoms with E-state index in [9.17, 15) is 0 Å². The van der Waals surface area contributed by atoms with E-state index in [1.165, 1.54) is 16.7 Å². The lowest BCUT2D eigenvalue weighted by Crippen LogP contribution is -2.19. The summed E-state index contributed by atoms with van der Waals surface area (Å²) in [6.45, 7) is 13.2. The smallest absolute Gasteiger partial charge is 0.119 e. The van der Waals surface area contributed by atoms with E-state index in [-0.39, 0.29) is 5.41 Å². The number of ether oxygens (including phenoxy) is 1. The third-order valence-electron chi connectivity index (χ3n) is 4.22. The van der Waals surface area contributed by atoms with Crippen LogP contribution in [0.1, 0.15) is 50.3 Å². The van der Waals surface area contributed by atoms with Crippen molar-refractivity contribution in [2.75, 3.05) is 6.61 Å². The number of rotatable bonds is 6. The van der Waals surface area contributed by atoms with E-state index in [1.807, 2.05) is 12.1 Å². The normalized spacial score (nSPS) is 11.5. The molecule has 2 aromatic carbocycles. The molecule has 0 aliphatic carbocycles. The van der Waals surface area contributed by atoms with Crippen LogP contribution in [0.15, 0.2) is 61.2 Å². The summed E-state index contributed by atoms with van der Waals surface area (Å²) < 4.78 is 5.56.